The summed E-state index contributed by atoms with van der Waals surface area (Å²) in [6.07, 6.45) is 0.663. The first-order valence-electron chi connectivity index (χ1n) is 5.44. The number of methoxy groups -OCH3 is 1. The number of carbonyl (C=O) groups excluding carboxylic acids is 1. The molecule has 86 valence electrons. The number of hydrogen-bond acceptors (Lipinski definition) is 3. The molecule has 1 aromatic rings. The van der Waals surface area contributed by atoms with Gasteiger partial charge in [-0.15, -0.1) is 0 Å². The van der Waals surface area contributed by atoms with E-state index in [1.165, 1.54) is 0 Å². The van der Waals surface area contributed by atoms with Gasteiger partial charge in [0.1, 0.15) is 5.75 Å². The van der Waals surface area contributed by atoms with Gasteiger partial charge in [-0.25, -0.2) is 0 Å². The molecule has 1 saturated heterocycles. The highest BCUT2D eigenvalue weighted by atomic mass is 16.5. The highest BCUT2D eigenvalue weighted by Gasteiger charge is 2.22. The van der Waals surface area contributed by atoms with E-state index in [9.17, 15) is 4.79 Å². The molecule has 0 saturated carbocycles. The molecule has 0 aromatic heterocycles. The lowest BCUT2D eigenvalue weighted by Crippen LogP contribution is -2.53. The van der Waals surface area contributed by atoms with E-state index in [0.717, 1.165) is 17.9 Å². The molecule has 1 fully saturated rings. The molecular formula is C12H16N2O2. The maximum atomic E-state index is 11.6. The van der Waals surface area contributed by atoms with Gasteiger partial charge in [0.2, 0.25) is 5.91 Å². The van der Waals surface area contributed by atoms with Gasteiger partial charge >= 0.3 is 0 Å². The fourth-order valence-corrected chi connectivity index (χ4v) is 1.90. The summed E-state index contributed by atoms with van der Waals surface area (Å²) in [5.74, 6) is 0.903. The summed E-state index contributed by atoms with van der Waals surface area (Å²) in [5, 5.41) is 6.05. The Morgan fingerprint density at radius 1 is 1.38 bits per heavy atom. The van der Waals surface area contributed by atoms with Crippen molar-refractivity contribution in [3.8, 4) is 5.75 Å². The van der Waals surface area contributed by atoms with Crippen LogP contribution in [0.1, 0.15) is 5.56 Å². The quantitative estimate of drug-likeness (QED) is 0.771. The lowest BCUT2D eigenvalue weighted by atomic mass is 10.0. The molecule has 1 aromatic carbocycles. The molecule has 2 N–H and O–H groups in total. The second-order valence-corrected chi connectivity index (χ2v) is 3.81. The van der Waals surface area contributed by atoms with Gasteiger partial charge in [-0.2, -0.15) is 0 Å². The Labute approximate surface area is 95.0 Å². The maximum Gasteiger partial charge on any atom is 0.237 e. The molecule has 1 aliphatic rings. The number of piperazine rings is 1. The number of carbonyl (C=O) groups is 1. The molecule has 1 atom stereocenters. The number of benzene rings is 1. The van der Waals surface area contributed by atoms with Crippen molar-refractivity contribution in [2.45, 2.75) is 12.5 Å². The molecule has 1 aliphatic heterocycles. The Balaban J connectivity index is 2.10. The standard InChI is InChI=1S/C12H16N2O2/c1-16-11-5-3-2-4-9(11)8-10-12(15)14-7-6-13-10/h2-5,10,13H,6-8H2,1H3,(H,14,15)/t10-/m0/s1. The molecular weight excluding hydrogens is 204 g/mol. The Morgan fingerprint density at radius 3 is 2.94 bits per heavy atom. The molecule has 4 nitrogen and oxygen atoms in total. The van der Waals surface area contributed by atoms with E-state index in [0.29, 0.717) is 13.0 Å². The van der Waals surface area contributed by atoms with E-state index in [1.54, 1.807) is 7.11 Å². The van der Waals surface area contributed by atoms with Crippen LogP contribution in [-0.4, -0.2) is 32.1 Å². The highest BCUT2D eigenvalue weighted by Crippen LogP contribution is 2.19. The number of para-hydroxylation sites is 1. The monoisotopic (exact) mass is 220 g/mol. The topological polar surface area (TPSA) is 50.4 Å². The minimum absolute atomic E-state index is 0.0668. The largest absolute Gasteiger partial charge is 0.496 e. The van der Waals surface area contributed by atoms with Gasteiger partial charge in [-0.3, -0.25) is 4.79 Å². The first-order chi connectivity index (χ1) is 7.81. The van der Waals surface area contributed by atoms with E-state index >= 15 is 0 Å². The second kappa shape index (κ2) is 4.99. The number of rotatable bonds is 3. The average molecular weight is 220 g/mol. The van der Waals surface area contributed by atoms with Crippen molar-refractivity contribution < 1.29 is 9.53 Å². The summed E-state index contributed by atoms with van der Waals surface area (Å²) in [7, 11) is 1.65. The Hall–Kier alpha value is -1.55. The summed E-state index contributed by atoms with van der Waals surface area (Å²) in [6.45, 7) is 1.53. The third kappa shape index (κ3) is 2.33. The lowest BCUT2D eigenvalue weighted by Gasteiger charge is -2.24. The molecule has 2 rings (SSSR count). The van der Waals surface area contributed by atoms with Crippen LogP contribution in [0.15, 0.2) is 24.3 Å². The average Bonchev–Trinajstić information content (AvgIpc) is 2.33. The third-order valence-corrected chi connectivity index (χ3v) is 2.75. The van der Waals surface area contributed by atoms with Crippen molar-refractivity contribution in [1.29, 1.82) is 0 Å². The molecule has 1 amide bonds. The number of amides is 1. The maximum absolute atomic E-state index is 11.6. The first kappa shape index (κ1) is 11.0. The zero-order valence-electron chi connectivity index (χ0n) is 9.32. The number of ether oxygens (including phenoxy) is 1. The van der Waals surface area contributed by atoms with E-state index in [1.807, 2.05) is 24.3 Å². The molecule has 0 radical (unpaired) electrons. The number of nitrogens with one attached hydrogen (secondary N) is 2. The normalized spacial score (nSPS) is 20.3. The van der Waals surface area contributed by atoms with Crippen molar-refractivity contribution in [2.75, 3.05) is 20.2 Å². The molecule has 0 spiro atoms. The summed E-state index contributed by atoms with van der Waals surface area (Å²) < 4.78 is 5.26. The Kier molecular flexibility index (Phi) is 3.41. The fourth-order valence-electron chi connectivity index (χ4n) is 1.90. The van der Waals surface area contributed by atoms with Gasteiger partial charge in [0.25, 0.3) is 0 Å². The van der Waals surface area contributed by atoms with Crippen molar-refractivity contribution >= 4 is 5.91 Å². The van der Waals surface area contributed by atoms with Crippen molar-refractivity contribution in [2.24, 2.45) is 0 Å². The molecule has 0 bridgehead atoms. The molecule has 4 heteroatoms. The van der Waals surface area contributed by atoms with Crippen LogP contribution in [0.25, 0.3) is 0 Å². The third-order valence-electron chi connectivity index (χ3n) is 2.75. The van der Waals surface area contributed by atoms with E-state index < -0.39 is 0 Å². The van der Waals surface area contributed by atoms with Crippen LogP contribution >= 0.6 is 0 Å². The molecule has 16 heavy (non-hydrogen) atoms. The van der Waals surface area contributed by atoms with E-state index in [4.69, 9.17) is 4.74 Å². The van der Waals surface area contributed by atoms with Crippen LogP contribution in [0.2, 0.25) is 0 Å². The van der Waals surface area contributed by atoms with E-state index in [-0.39, 0.29) is 11.9 Å². The van der Waals surface area contributed by atoms with Crippen LogP contribution in [-0.2, 0) is 11.2 Å². The zero-order valence-corrected chi connectivity index (χ0v) is 9.32. The first-order valence-corrected chi connectivity index (χ1v) is 5.44. The minimum Gasteiger partial charge on any atom is -0.496 e. The summed E-state index contributed by atoms with van der Waals surface area (Å²) in [4.78, 5) is 11.6. The fraction of sp³-hybridized carbons (Fsp3) is 0.417. The van der Waals surface area contributed by atoms with Crippen molar-refractivity contribution in [3.63, 3.8) is 0 Å². The van der Waals surface area contributed by atoms with Gasteiger partial charge < -0.3 is 15.4 Å². The van der Waals surface area contributed by atoms with Crippen LogP contribution in [0.3, 0.4) is 0 Å². The lowest BCUT2D eigenvalue weighted by molar-refractivity contribution is -0.124. The van der Waals surface area contributed by atoms with Gasteiger partial charge in [0, 0.05) is 19.5 Å². The Bertz CT molecular complexity index is 379. The predicted octanol–water partition coefficient (Wildman–Crippen LogP) is 0.326. The number of hydrogen-bond donors (Lipinski definition) is 2. The van der Waals surface area contributed by atoms with Crippen LogP contribution < -0.4 is 15.4 Å². The SMILES string of the molecule is COc1ccccc1C[C@@H]1NCCNC1=O. The van der Waals surface area contributed by atoms with Gasteiger partial charge in [-0.05, 0) is 11.6 Å². The predicted molar refractivity (Wildman–Crippen MR) is 61.5 cm³/mol. The smallest absolute Gasteiger partial charge is 0.237 e. The van der Waals surface area contributed by atoms with Gasteiger partial charge in [0.05, 0.1) is 13.2 Å². The minimum atomic E-state index is -0.148. The summed E-state index contributed by atoms with van der Waals surface area (Å²) >= 11 is 0. The Morgan fingerprint density at radius 2 is 2.19 bits per heavy atom. The van der Waals surface area contributed by atoms with E-state index in [2.05, 4.69) is 10.6 Å². The zero-order chi connectivity index (χ0) is 11.4. The summed E-state index contributed by atoms with van der Waals surface area (Å²) in [6, 6.07) is 7.64. The summed E-state index contributed by atoms with van der Waals surface area (Å²) in [5.41, 5.74) is 1.06. The van der Waals surface area contributed by atoms with Crippen molar-refractivity contribution in [1.82, 2.24) is 10.6 Å². The van der Waals surface area contributed by atoms with Gasteiger partial charge in [-0.1, -0.05) is 18.2 Å². The molecule has 1 heterocycles. The van der Waals surface area contributed by atoms with Gasteiger partial charge in [0.15, 0.2) is 0 Å². The molecule has 0 aliphatic carbocycles. The van der Waals surface area contributed by atoms with Crippen molar-refractivity contribution in [3.05, 3.63) is 29.8 Å². The van der Waals surface area contributed by atoms with Crippen LogP contribution in [0.5, 0.6) is 5.75 Å². The molecule has 0 unspecified atom stereocenters. The highest BCUT2D eigenvalue weighted by molar-refractivity contribution is 5.82. The van der Waals surface area contributed by atoms with Crippen LogP contribution in [0, 0.1) is 0 Å². The van der Waals surface area contributed by atoms with Crippen LogP contribution in [0.4, 0.5) is 0 Å². The second-order valence-electron chi connectivity index (χ2n) is 3.81.